The van der Waals surface area contributed by atoms with Gasteiger partial charge in [0.15, 0.2) is 5.78 Å². The van der Waals surface area contributed by atoms with Crippen molar-refractivity contribution in [3.63, 3.8) is 0 Å². The van der Waals surface area contributed by atoms with Gasteiger partial charge in [-0.25, -0.2) is 0 Å². The van der Waals surface area contributed by atoms with Crippen LogP contribution in [-0.2, 0) is 4.79 Å². The monoisotopic (exact) mass is 274 g/mol. The molecule has 19 heavy (non-hydrogen) atoms. The summed E-state index contributed by atoms with van der Waals surface area (Å²) in [6, 6.07) is 5.67. The predicted molar refractivity (Wildman–Crippen MR) is 72.7 cm³/mol. The molecule has 0 saturated carbocycles. The van der Waals surface area contributed by atoms with Crippen LogP contribution in [0.25, 0.3) is 21.0 Å². The number of thiophene rings is 1. The zero-order chi connectivity index (χ0) is 13.4. The highest BCUT2D eigenvalue weighted by Crippen LogP contribution is 2.32. The molecule has 6 heteroatoms. The van der Waals surface area contributed by atoms with Crippen molar-refractivity contribution in [1.29, 1.82) is 0 Å². The molecule has 2 heterocycles. The van der Waals surface area contributed by atoms with Gasteiger partial charge >= 0.3 is 5.97 Å². The Morgan fingerprint density at radius 3 is 2.95 bits per heavy atom. The minimum Gasteiger partial charge on any atom is -0.481 e. The average molecular weight is 274 g/mol. The van der Waals surface area contributed by atoms with Crippen LogP contribution in [0.1, 0.15) is 22.5 Å². The zero-order valence-corrected chi connectivity index (χ0v) is 10.7. The van der Waals surface area contributed by atoms with Crippen LogP contribution in [0.3, 0.4) is 0 Å². The number of carbonyl (C=O) groups is 2. The van der Waals surface area contributed by atoms with Crippen LogP contribution in [0.5, 0.6) is 0 Å². The highest BCUT2D eigenvalue weighted by molar-refractivity contribution is 7.21. The molecule has 0 aliphatic rings. The summed E-state index contributed by atoms with van der Waals surface area (Å²) in [6.07, 6.45) is 1.64. The molecule has 0 amide bonds. The molecule has 0 atom stereocenters. The van der Waals surface area contributed by atoms with E-state index in [1.54, 1.807) is 6.20 Å². The van der Waals surface area contributed by atoms with E-state index in [1.807, 2.05) is 18.2 Å². The van der Waals surface area contributed by atoms with Gasteiger partial charge in [-0.05, 0) is 17.5 Å². The van der Waals surface area contributed by atoms with Crippen molar-refractivity contribution in [2.24, 2.45) is 0 Å². The summed E-state index contributed by atoms with van der Waals surface area (Å²) >= 11 is 1.39. The van der Waals surface area contributed by atoms with Crippen LogP contribution in [-0.4, -0.2) is 27.1 Å². The fourth-order valence-electron chi connectivity index (χ4n) is 2.00. The highest BCUT2D eigenvalue weighted by Gasteiger charge is 2.13. The van der Waals surface area contributed by atoms with Crippen LogP contribution in [0.15, 0.2) is 24.4 Å². The number of ketones is 1. The number of fused-ring (bicyclic) bond motifs is 3. The van der Waals surface area contributed by atoms with Gasteiger partial charge in [-0.15, -0.1) is 11.3 Å². The number of carboxylic acid groups (broad SMARTS) is 1. The molecule has 0 aliphatic heterocycles. The maximum absolute atomic E-state index is 11.9. The van der Waals surface area contributed by atoms with E-state index in [9.17, 15) is 9.59 Å². The van der Waals surface area contributed by atoms with Gasteiger partial charge in [-0.3, -0.25) is 14.7 Å². The number of carbonyl (C=O) groups excluding carboxylic acids is 1. The highest BCUT2D eigenvalue weighted by atomic mass is 32.1. The number of Topliss-reactive ketones (excluding diaryl/α,β-unsaturated/α-hetero) is 1. The number of hydrogen-bond acceptors (Lipinski definition) is 4. The molecule has 2 aromatic heterocycles. The maximum Gasteiger partial charge on any atom is 0.303 e. The first kappa shape index (κ1) is 11.9. The third-order valence-corrected chi connectivity index (χ3v) is 4.17. The van der Waals surface area contributed by atoms with Gasteiger partial charge in [0, 0.05) is 16.5 Å². The van der Waals surface area contributed by atoms with E-state index >= 15 is 0 Å². The lowest BCUT2D eigenvalue weighted by atomic mass is 10.1. The van der Waals surface area contributed by atoms with E-state index in [2.05, 4.69) is 10.2 Å². The van der Waals surface area contributed by atoms with Crippen molar-refractivity contribution < 1.29 is 14.7 Å². The number of benzene rings is 1. The van der Waals surface area contributed by atoms with E-state index in [1.165, 1.54) is 11.3 Å². The fourth-order valence-corrected chi connectivity index (χ4v) is 3.14. The van der Waals surface area contributed by atoms with Crippen molar-refractivity contribution in [2.75, 3.05) is 0 Å². The predicted octanol–water partition coefficient (Wildman–Crippen LogP) is 2.83. The van der Waals surface area contributed by atoms with Crippen LogP contribution in [0, 0.1) is 0 Å². The van der Waals surface area contributed by atoms with E-state index < -0.39 is 5.97 Å². The van der Waals surface area contributed by atoms with Gasteiger partial charge in [-0.1, -0.05) is 6.07 Å². The number of aliphatic carboxylic acids is 1. The minimum absolute atomic E-state index is 0.0384. The molecular weight excluding hydrogens is 264 g/mol. The van der Waals surface area contributed by atoms with Crippen molar-refractivity contribution in [2.45, 2.75) is 12.8 Å². The molecule has 0 saturated heterocycles. The molecule has 3 rings (SSSR count). The lowest BCUT2D eigenvalue weighted by Crippen LogP contribution is -2.01. The quantitative estimate of drug-likeness (QED) is 0.716. The van der Waals surface area contributed by atoms with Crippen LogP contribution < -0.4 is 0 Å². The summed E-state index contributed by atoms with van der Waals surface area (Å²) < 4.78 is 1.00. The van der Waals surface area contributed by atoms with Gasteiger partial charge in [0.05, 0.1) is 23.0 Å². The summed E-state index contributed by atoms with van der Waals surface area (Å²) in [5, 5.41) is 17.4. The Kier molecular flexibility index (Phi) is 2.79. The second-order valence-corrected chi connectivity index (χ2v) is 5.29. The Hall–Kier alpha value is -2.21. The van der Waals surface area contributed by atoms with E-state index in [0.717, 1.165) is 21.0 Å². The van der Waals surface area contributed by atoms with E-state index in [4.69, 9.17) is 5.11 Å². The molecule has 5 nitrogen and oxygen atoms in total. The third-order valence-electron chi connectivity index (χ3n) is 2.94. The van der Waals surface area contributed by atoms with Gasteiger partial charge in [0.25, 0.3) is 0 Å². The Morgan fingerprint density at radius 2 is 2.16 bits per heavy atom. The molecule has 3 aromatic rings. The van der Waals surface area contributed by atoms with Gasteiger partial charge < -0.3 is 5.11 Å². The average Bonchev–Trinajstić information content (AvgIpc) is 3.00. The molecule has 96 valence electrons. The van der Waals surface area contributed by atoms with Crippen molar-refractivity contribution in [1.82, 2.24) is 10.2 Å². The number of nitrogens with zero attached hydrogens (tertiary/aromatic N) is 1. The Morgan fingerprint density at radius 1 is 1.32 bits per heavy atom. The van der Waals surface area contributed by atoms with Crippen molar-refractivity contribution >= 4 is 44.1 Å². The lowest BCUT2D eigenvalue weighted by Gasteiger charge is -1.93. The van der Waals surface area contributed by atoms with Gasteiger partial charge in [0.2, 0.25) is 0 Å². The van der Waals surface area contributed by atoms with Gasteiger partial charge in [0.1, 0.15) is 0 Å². The summed E-state index contributed by atoms with van der Waals surface area (Å²) in [5.74, 6) is -1.08. The molecule has 0 spiro atoms. The number of aromatic nitrogens is 2. The second-order valence-electron chi connectivity index (χ2n) is 4.24. The first-order valence-corrected chi connectivity index (χ1v) is 6.57. The Balaban J connectivity index is 2.01. The van der Waals surface area contributed by atoms with Crippen molar-refractivity contribution in [3.05, 3.63) is 29.3 Å². The summed E-state index contributed by atoms with van der Waals surface area (Å²) in [4.78, 5) is 23.0. The molecule has 0 bridgehead atoms. The number of nitrogens with one attached hydrogen (secondary N) is 1. The number of H-pyrrole nitrogens is 1. The van der Waals surface area contributed by atoms with Crippen molar-refractivity contribution in [3.8, 4) is 0 Å². The molecule has 0 aliphatic carbocycles. The number of carboxylic acids is 1. The molecule has 0 fully saturated rings. The second kappa shape index (κ2) is 4.47. The Labute approximate surface area is 111 Å². The smallest absolute Gasteiger partial charge is 0.303 e. The summed E-state index contributed by atoms with van der Waals surface area (Å²) in [5.41, 5.74) is 0.930. The molecule has 0 radical (unpaired) electrons. The fraction of sp³-hybridized carbons (Fsp3) is 0.154. The van der Waals surface area contributed by atoms with Gasteiger partial charge in [-0.2, -0.15) is 5.10 Å². The standard InChI is InChI=1S/C13H10N2O3S/c16-10(3-4-12(17)18)11-5-7-1-2-9-8(6-14-15-9)13(7)19-11/h1-2,5-6H,3-4H2,(H,14,15)(H,17,18). The van der Waals surface area contributed by atoms with Crippen LogP contribution in [0.2, 0.25) is 0 Å². The number of aromatic amines is 1. The third kappa shape index (κ3) is 2.10. The first-order chi connectivity index (χ1) is 9.15. The lowest BCUT2D eigenvalue weighted by molar-refractivity contribution is -0.136. The number of rotatable bonds is 4. The topological polar surface area (TPSA) is 83.0 Å². The zero-order valence-electron chi connectivity index (χ0n) is 9.84. The maximum atomic E-state index is 11.9. The van der Waals surface area contributed by atoms with Crippen LogP contribution >= 0.6 is 11.3 Å². The summed E-state index contributed by atoms with van der Waals surface area (Å²) in [7, 11) is 0. The first-order valence-electron chi connectivity index (χ1n) is 5.76. The number of hydrogen-bond donors (Lipinski definition) is 2. The van der Waals surface area contributed by atoms with Crippen LogP contribution in [0.4, 0.5) is 0 Å². The summed E-state index contributed by atoms with van der Waals surface area (Å²) in [6.45, 7) is 0. The normalized spacial score (nSPS) is 11.2. The molecule has 2 N–H and O–H groups in total. The molecule has 1 aromatic carbocycles. The largest absolute Gasteiger partial charge is 0.481 e. The molecular formula is C13H10N2O3S. The van der Waals surface area contributed by atoms with E-state index in [0.29, 0.717) is 4.88 Å². The Bertz CT molecular complexity index is 787. The van der Waals surface area contributed by atoms with E-state index in [-0.39, 0.29) is 18.6 Å². The minimum atomic E-state index is -0.952. The molecule has 0 unspecified atom stereocenters. The SMILES string of the molecule is O=C(O)CCC(=O)c1cc2ccc3[nH]ncc3c2s1.